The third kappa shape index (κ3) is 6.07. The quantitative estimate of drug-likeness (QED) is 0.676. The van der Waals surface area contributed by atoms with E-state index in [0.717, 1.165) is 11.3 Å². The minimum atomic E-state index is -0.926. The Morgan fingerprint density at radius 2 is 1.96 bits per heavy atom. The van der Waals surface area contributed by atoms with Gasteiger partial charge in [0, 0.05) is 6.54 Å². The number of carbonyl (C=O) groups is 2. The maximum absolute atomic E-state index is 12.3. The third-order valence-corrected chi connectivity index (χ3v) is 5.19. The smallest absolute Gasteiger partial charge is 0.308 e. The van der Waals surface area contributed by atoms with E-state index in [2.05, 4.69) is 5.32 Å². The van der Waals surface area contributed by atoms with Crippen molar-refractivity contribution in [1.82, 2.24) is 5.32 Å². The summed E-state index contributed by atoms with van der Waals surface area (Å²) in [7, 11) is 1.56. The van der Waals surface area contributed by atoms with Gasteiger partial charge in [-0.25, -0.2) is 0 Å². The lowest BCUT2D eigenvalue weighted by Crippen LogP contribution is -2.40. The number of hydrogen-bond acceptors (Lipinski definition) is 4. The van der Waals surface area contributed by atoms with E-state index < -0.39 is 11.9 Å². The number of thioether (sulfide) groups is 1. The van der Waals surface area contributed by atoms with Crippen molar-refractivity contribution in [2.24, 2.45) is 11.8 Å². The number of amides is 1. The molecule has 0 aliphatic rings. The summed E-state index contributed by atoms with van der Waals surface area (Å²) < 4.78 is 5.27. The van der Waals surface area contributed by atoms with Crippen molar-refractivity contribution in [3.05, 3.63) is 29.8 Å². The summed E-state index contributed by atoms with van der Waals surface area (Å²) in [6.45, 7) is 6.11. The Kier molecular flexibility index (Phi) is 8.68. The van der Waals surface area contributed by atoms with Crippen LogP contribution in [0.15, 0.2) is 24.3 Å². The molecular formula is C18H27NO4S. The van der Waals surface area contributed by atoms with Crippen LogP contribution in [0.2, 0.25) is 0 Å². The number of carboxylic acid groups (broad SMARTS) is 1. The normalized spacial score (nSPS) is 13.4. The molecule has 0 aromatic heterocycles. The summed E-state index contributed by atoms with van der Waals surface area (Å²) in [6, 6.07) is 7.34. The van der Waals surface area contributed by atoms with E-state index in [1.807, 2.05) is 39.0 Å². The van der Waals surface area contributed by atoms with Crippen LogP contribution in [0.1, 0.15) is 26.3 Å². The van der Waals surface area contributed by atoms with Crippen LogP contribution in [-0.2, 0) is 16.0 Å². The lowest BCUT2D eigenvalue weighted by atomic mass is 9.98. The third-order valence-electron chi connectivity index (χ3n) is 3.74. The second-order valence-corrected chi connectivity index (χ2v) is 7.33. The molecular weight excluding hydrogens is 326 g/mol. The van der Waals surface area contributed by atoms with Crippen LogP contribution in [0.25, 0.3) is 0 Å². The van der Waals surface area contributed by atoms with Gasteiger partial charge in [-0.05, 0) is 29.7 Å². The van der Waals surface area contributed by atoms with E-state index >= 15 is 0 Å². The zero-order chi connectivity index (χ0) is 18.1. The first kappa shape index (κ1) is 20.4. The number of rotatable bonds is 10. The molecule has 0 heterocycles. The summed E-state index contributed by atoms with van der Waals surface area (Å²) in [6.07, 6.45) is 0.312. The van der Waals surface area contributed by atoms with Crippen LogP contribution in [-0.4, -0.2) is 41.6 Å². The van der Waals surface area contributed by atoms with Gasteiger partial charge in [0.1, 0.15) is 5.75 Å². The van der Waals surface area contributed by atoms with Gasteiger partial charge in [0.15, 0.2) is 0 Å². The van der Waals surface area contributed by atoms with Crippen molar-refractivity contribution < 1.29 is 19.4 Å². The highest BCUT2D eigenvalue weighted by molar-refractivity contribution is 8.00. The fraction of sp³-hybridized carbons (Fsp3) is 0.556. The van der Waals surface area contributed by atoms with Gasteiger partial charge in [0.25, 0.3) is 0 Å². The fourth-order valence-electron chi connectivity index (χ4n) is 2.46. The number of methoxy groups -OCH3 is 1. The van der Waals surface area contributed by atoms with Crippen molar-refractivity contribution in [3.63, 3.8) is 0 Å². The van der Waals surface area contributed by atoms with Gasteiger partial charge in [0.05, 0.1) is 18.3 Å². The highest BCUT2D eigenvalue weighted by Gasteiger charge is 2.25. The molecule has 0 radical (unpaired) electrons. The average molecular weight is 353 g/mol. The van der Waals surface area contributed by atoms with E-state index in [-0.39, 0.29) is 23.6 Å². The zero-order valence-electron chi connectivity index (χ0n) is 14.7. The lowest BCUT2D eigenvalue weighted by Gasteiger charge is -2.21. The fourth-order valence-corrected chi connectivity index (χ4v) is 3.44. The molecule has 134 valence electrons. The molecule has 0 bridgehead atoms. The number of carbonyl (C=O) groups excluding carboxylic acids is 1. The molecule has 2 atom stereocenters. The summed E-state index contributed by atoms with van der Waals surface area (Å²) in [5, 5.41) is 12.1. The lowest BCUT2D eigenvalue weighted by molar-refractivity contribution is -0.141. The largest absolute Gasteiger partial charge is 0.496 e. The van der Waals surface area contributed by atoms with Crippen molar-refractivity contribution in [3.8, 4) is 5.75 Å². The van der Waals surface area contributed by atoms with E-state index in [1.165, 1.54) is 0 Å². The molecule has 0 saturated carbocycles. The van der Waals surface area contributed by atoms with E-state index in [1.54, 1.807) is 24.9 Å². The Bertz CT molecular complexity index is 548. The molecule has 6 heteroatoms. The van der Waals surface area contributed by atoms with E-state index in [4.69, 9.17) is 4.74 Å². The highest BCUT2D eigenvalue weighted by Crippen LogP contribution is 2.22. The molecule has 0 spiro atoms. The molecule has 2 N–H and O–H groups in total. The molecule has 1 aromatic rings. The Balaban J connectivity index is 2.73. The Hall–Kier alpha value is -1.69. The van der Waals surface area contributed by atoms with Crippen molar-refractivity contribution in [2.75, 3.05) is 19.4 Å². The SMILES string of the molecule is CCSC(C(=O)NCC(Cc1ccccc1OC)C(=O)O)C(C)C. The predicted molar refractivity (Wildman–Crippen MR) is 97.6 cm³/mol. The molecule has 1 rings (SSSR count). The van der Waals surface area contributed by atoms with Gasteiger partial charge in [0.2, 0.25) is 5.91 Å². The van der Waals surface area contributed by atoms with Gasteiger partial charge in [-0.2, -0.15) is 0 Å². The van der Waals surface area contributed by atoms with Crippen LogP contribution in [0.3, 0.4) is 0 Å². The molecule has 1 amide bonds. The molecule has 0 fully saturated rings. The van der Waals surface area contributed by atoms with Gasteiger partial charge in [-0.15, -0.1) is 11.8 Å². The number of carboxylic acids is 1. The minimum absolute atomic E-state index is 0.0943. The monoisotopic (exact) mass is 353 g/mol. The van der Waals surface area contributed by atoms with Gasteiger partial charge < -0.3 is 15.2 Å². The molecule has 1 aromatic carbocycles. The zero-order valence-corrected chi connectivity index (χ0v) is 15.6. The molecule has 0 saturated heterocycles. The first-order valence-electron chi connectivity index (χ1n) is 8.14. The van der Waals surface area contributed by atoms with E-state index in [0.29, 0.717) is 12.2 Å². The topological polar surface area (TPSA) is 75.6 Å². The highest BCUT2D eigenvalue weighted by atomic mass is 32.2. The second kappa shape index (κ2) is 10.2. The Morgan fingerprint density at radius 1 is 1.29 bits per heavy atom. The minimum Gasteiger partial charge on any atom is -0.496 e. The van der Waals surface area contributed by atoms with Crippen LogP contribution >= 0.6 is 11.8 Å². The standard InChI is InChI=1S/C18H27NO4S/c1-5-24-16(12(2)3)17(20)19-11-14(18(21)22)10-13-8-6-7-9-15(13)23-4/h6-9,12,14,16H,5,10-11H2,1-4H3,(H,19,20)(H,21,22). The molecule has 2 unspecified atom stereocenters. The van der Waals surface area contributed by atoms with Crippen molar-refractivity contribution in [2.45, 2.75) is 32.4 Å². The number of hydrogen-bond donors (Lipinski definition) is 2. The number of nitrogens with one attached hydrogen (secondary N) is 1. The van der Waals surface area contributed by atoms with Crippen LogP contribution in [0.5, 0.6) is 5.75 Å². The summed E-state index contributed by atoms with van der Waals surface area (Å²) in [4.78, 5) is 23.9. The summed E-state index contributed by atoms with van der Waals surface area (Å²) >= 11 is 1.58. The van der Waals surface area contributed by atoms with Gasteiger partial charge >= 0.3 is 5.97 Å². The van der Waals surface area contributed by atoms with Gasteiger partial charge in [-0.3, -0.25) is 9.59 Å². The molecule has 5 nitrogen and oxygen atoms in total. The maximum atomic E-state index is 12.3. The van der Waals surface area contributed by atoms with Crippen LogP contribution < -0.4 is 10.1 Å². The predicted octanol–water partition coefficient (Wildman–Crippen LogP) is 2.83. The Morgan fingerprint density at radius 3 is 2.50 bits per heavy atom. The maximum Gasteiger partial charge on any atom is 0.308 e. The number of benzene rings is 1. The number of aliphatic carboxylic acids is 1. The number of para-hydroxylation sites is 1. The molecule has 24 heavy (non-hydrogen) atoms. The first-order chi connectivity index (χ1) is 11.4. The second-order valence-electron chi connectivity index (χ2n) is 5.92. The summed E-state index contributed by atoms with van der Waals surface area (Å²) in [5.74, 6) is 0.00205. The van der Waals surface area contributed by atoms with Gasteiger partial charge in [-0.1, -0.05) is 39.0 Å². The van der Waals surface area contributed by atoms with Crippen molar-refractivity contribution in [1.29, 1.82) is 0 Å². The number of ether oxygens (including phenoxy) is 1. The molecule has 0 aliphatic heterocycles. The average Bonchev–Trinajstić information content (AvgIpc) is 2.55. The van der Waals surface area contributed by atoms with Crippen LogP contribution in [0.4, 0.5) is 0 Å². The first-order valence-corrected chi connectivity index (χ1v) is 9.19. The molecule has 0 aliphatic carbocycles. The van der Waals surface area contributed by atoms with E-state index in [9.17, 15) is 14.7 Å². The Labute approximate surface area is 148 Å². The van der Waals surface area contributed by atoms with Crippen LogP contribution in [0, 0.1) is 11.8 Å². The van der Waals surface area contributed by atoms with Crippen molar-refractivity contribution >= 4 is 23.6 Å². The summed E-state index contributed by atoms with van der Waals surface area (Å²) in [5.41, 5.74) is 0.824.